The minimum absolute atomic E-state index is 0.991. The molecule has 0 radical (unpaired) electrons. The highest BCUT2D eigenvalue weighted by molar-refractivity contribution is 5.12. The van der Waals surface area contributed by atoms with E-state index in [1.165, 1.54) is 0 Å². The maximum Gasteiger partial charge on any atom is 0.0410 e. The number of hydrogen-bond acceptors (Lipinski definition) is 1. The number of hydrogen-bond donors (Lipinski definition) is 0. The Balaban J connectivity index is 2.58. The number of nitrogens with zero attached hydrogens (tertiary/aromatic N) is 1. The number of aryl methyl sites for hydroxylation is 2. The molecule has 0 saturated carbocycles. The van der Waals surface area contributed by atoms with E-state index in [1.807, 2.05) is 12.2 Å². The van der Waals surface area contributed by atoms with Crippen molar-refractivity contribution < 1.29 is 0 Å². The molecule has 0 aliphatic carbocycles. The Morgan fingerprint density at radius 2 is 1.50 bits per heavy atom. The summed E-state index contributed by atoms with van der Waals surface area (Å²) in [5.74, 6) is 0. The summed E-state index contributed by atoms with van der Waals surface area (Å²) in [7, 11) is 0. The molecule has 1 heterocycles. The van der Waals surface area contributed by atoms with Crippen molar-refractivity contribution >= 4 is 0 Å². The van der Waals surface area contributed by atoms with E-state index in [1.54, 1.807) is 0 Å². The predicted molar refractivity (Wildman–Crippen MR) is 61.3 cm³/mol. The van der Waals surface area contributed by atoms with E-state index in [2.05, 4.69) is 36.3 Å². The molecule has 0 atom stereocenters. The Kier molecular flexibility index (Phi) is 4.70. The summed E-state index contributed by atoms with van der Waals surface area (Å²) < 4.78 is 0. The first-order valence-corrected chi connectivity index (χ1v) is 5.03. The summed E-state index contributed by atoms with van der Waals surface area (Å²) in [5, 5.41) is 0. The van der Waals surface area contributed by atoms with Gasteiger partial charge < -0.3 is 0 Å². The summed E-state index contributed by atoms with van der Waals surface area (Å²) in [6.45, 7) is 7.41. The first kappa shape index (κ1) is 10.7. The molecule has 0 bridgehead atoms. The fourth-order valence-corrected chi connectivity index (χ4v) is 1.31. The third-order valence-electron chi connectivity index (χ3n) is 2.07. The molecule has 0 aliphatic heterocycles. The van der Waals surface area contributed by atoms with Crippen molar-refractivity contribution in [2.75, 3.05) is 0 Å². The highest BCUT2D eigenvalue weighted by Gasteiger charge is 1.96. The molecule has 1 aromatic heterocycles. The van der Waals surface area contributed by atoms with Gasteiger partial charge in [-0.05, 0) is 37.8 Å². The smallest absolute Gasteiger partial charge is 0.0410 e. The number of rotatable bonds is 6. The summed E-state index contributed by atoms with van der Waals surface area (Å²) >= 11 is 0. The molecule has 0 saturated heterocycles. The van der Waals surface area contributed by atoms with Gasteiger partial charge in [-0.3, -0.25) is 4.98 Å². The van der Waals surface area contributed by atoms with Crippen molar-refractivity contribution in [1.29, 1.82) is 0 Å². The third kappa shape index (κ3) is 3.56. The van der Waals surface area contributed by atoms with E-state index in [4.69, 9.17) is 0 Å². The summed E-state index contributed by atoms with van der Waals surface area (Å²) in [6.07, 6.45) is 7.84. The Morgan fingerprint density at radius 1 is 1.00 bits per heavy atom. The average Bonchev–Trinajstić information content (AvgIpc) is 2.24. The van der Waals surface area contributed by atoms with Gasteiger partial charge in [-0.25, -0.2) is 0 Å². The second-order valence-electron chi connectivity index (χ2n) is 3.27. The zero-order valence-electron chi connectivity index (χ0n) is 8.58. The van der Waals surface area contributed by atoms with Crippen LogP contribution in [-0.2, 0) is 12.8 Å². The monoisotopic (exact) mass is 187 g/mol. The molecule has 0 aliphatic rings. The fraction of sp³-hybridized carbons (Fsp3) is 0.308. The van der Waals surface area contributed by atoms with Crippen LogP contribution < -0.4 is 0 Å². The molecule has 1 rings (SSSR count). The lowest BCUT2D eigenvalue weighted by Gasteiger charge is -2.01. The average molecular weight is 187 g/mol. The van der Waals surface area contributed by atoms with Crippen molar-refractivity contribution in [3.8, 4) is 0 Å². The zero-order chi connectivity index (χ0) is 10.2. The van der Waals surface area contributed by atoms with Gasteiger partial charge in [-0.1, -0.05) is 18.2 Å². The zero-order valence-corrected chi connectivity index (χ0v) is 8.58. The minimum Gasteiger partial charge on any atom is -0.258 e. The van der Waals surface area contributed by atoms with Crippen LogP contribution in [0.25, 0.3) is 0 Å². The first-order chi connectivity index (χ1) is 6.86. The number of aromatic nitrogens is 1. The first-order valence-electron chi connectivity index (χ1n) is 5.03. The molecule has 0 amide bonds. The van der Waals surface area contributed by atoms with E-state index < -0.39 is 0 Å². The van der Waals surface area contributed by atoms with Gasteiger partial charge in [0.05, 0.1) is 0 Å². The van der Waals surface area contributed by atoms with E-state index in [-0.39, 0.29) is 0 Å². The fourth-order valence-electron chi connectivity index (χ4n) is 1.31. The Morgan fingerprint density at radius 3 is 1.93 bits per heavy atom. The van der Waals surface area contributed by atoms with Crippen LogP contribution in [0.5, 0.6) is 0 Å². The summed E-state index contributed by atoms with van der Waals surface area (Å²) in [6, 6.07) is 6.21. The van der Waals surface area contributed by atoms with Gasteiger partial charge in [-0.15, -0.1) is 13.2 Å². The predicted octanol–water partition coefficient (Wildman–Crippen LogP) is 3.32. The largest absolute Gasteiger partial charge is 0.258 e. The van der Waals surface area contributed by atoms with Crippen molar-refractivity contribution in [3.63, 3.8) is 0 Å². The van der Waals surface area contributed by atoms with Gasteiger partial charge in [0.1, 0.15) is 0 Å². The molecule has 0 spiro atoms. The second-order valence-corrected chi connectivity index (χ2v) is 3.27. The molecule has 0 unspecified atom stereocenters. The standard InChI is InChI=1S/C13H17N/c1-3-5-8-12-10-7-11-13(14-12)9-6-4-2/h3-4,7,10-11H,1-2,5-6,8-9H2. The third-order valence-corrected chi connectivity index (χ3v) is 2.07. The van der Waals surface area contributed by atoms with Crippen LogP contribution >= 0.6 is 0 Å². The van der Waals surface area contributed by atoms with Gasteiger partial charge in [0.2, 0.25) is 0 Å². The van der Waals surface area contributed by atoms with Gasteiger partial charge in [0, 0.05) is 11.4 Å². The van der Waals surface area contributed by atoms with E-state index in [9.17, 15) is 0 Å². The van der Waals surface area contributed by atoms with Gasteiger partial charge in [-0.2, -0.15) is 0 Å². The topological polar surface area (TPSA) is 12.9 Å². The Labute approximate surface area is 86.2 Å². The molecular formula is C13H17N. The summed E-state index contributed by atoms with van der Waals surface area (Å²) in [4.78, 5) is 4.55. The van der Waals surface area contributed by atoms with Gasteiger partial charge in [0.15, 0.2) is 0 Å². The van der Waals surface area contributed by atoms with Crippen molar-refractivity contribution in [1.82, 2.24) is 4.98 Å². The van der Waals surface area contributed by atoms with E-state index in [0.29, 0.717) is 0 Å². The van der Waals surface area contributed by atoms with Gasteiger partial charge >= 0.3 is 0 Å². The van der Waals surface area contributed by atoms with Crippen molar-refractivity contribution in [3.05, 3.63) is 54.9 Å². The number of allylic oxidation sites excluding steroid dienone is 2. The van der Waals surface area contributed by atoms with Crippen LogP contribution in [-0.4, -0.2) is 4.98 Å². The van der Waals surface area contributed by atoms with Crippen LogP contribution in [0.2, 0.25) is 0 Å². The van der Waals surface area contributed by atoms with Crippen molar-refractivity contribution in [2.45, 2.75) is 25.7 Å². The lowest BCUT2D eigenvalue weighted by Crippen LogP contribution is -1.94. The number of pyridine rings is 1. The molecule has 0 aromatic carbocycles. The maximum absolute atomic E-state index is 4.55. The van der Waals surface area contributed by atoms with Crippen LogP contribution in [0, 0.1) is 0 Å². The highest BCUT2D eigenvalue weighted by atomic mass is 14.7. The second kappa shape index (κ2) is 6.14. The molecule has 14 heavy (non-hydrogen) atoms. The molecule has 0 N–H and O–H groups in total. The molecule has 1 heteroatoms. The molecular weight excluding hydrogens is 170 g/mol. The lowest BCUT2D eigenvalue weighted by molar-refractivity contribution is 0.881. The van der Waals surface area contributed by atoms with Crippen LogP contribution in [0.1, 0.15) is 24.2 Å². The molecule has 74 valence electrons. The minimum atomic E-state index is 0.991. The van der Waals surface area contributed by atoms with Crippen LogP contribution in [0.3, 0.4) is 0 Å². The summed E-state index contributed by atoms with van der Waals surface area (Å²) in [5.41, 5.74) is 2.32. The van der Waals surface area contributed by atoms with E-state index in [0.717, 1.165) is 37.1 Å². The van der Waals surface area contributed by atoms with Gasteiger partial charge in [0.25, 0.3) is 0 Å². The molecule has 0 fully saturated rings. The Bertz CT molecular complexity index is 275. The molecule has 1 aromatic rings. The van der Waals surface area contributed by atoms with Crippen LogP contribution in [0.15, 0.2) is 43.5 Å². The van der Waals surface area contributed by atoms with E-state index >= 15 is 0 Å². The van der Waals surface area contributed by atoms with Crippen LogP contribution in [0.4, 0.5) is 0 Å². The quantitative estimate of drug-likeness (QED) is 0.622. The normalized spacial score (nSPS) is 9.71. The SMILES string of the molecule is C=CCCc1cccc(CCC=C)n1. The highest BCUT2D eigenvalue weighted by Crippen LogP contribution is 2.05. The maximum atomic E-state index is 4.55. The Hall–Kier alpha value is -1.37. The lowest BCUT2D eigenvalue weighted by atomic mass is 10.1. The van der Waals surface area contributed by atoms with Crippen molar-refractivity contribution in [2.24, 2.45) is 0 Å². The molecule has 1 nitrogen and oxygen atoms in total.